The molecule has 2 atom stereocenters. The summed E-state index contributed by atoms with van der Waals surface area (Å²) in [5.41, 5.74) is 4.26. The number of carbonyl (C=O) groups is 1. The fraction of sp³-hybridized carbons (Fsp3) is 0.469. The van der Waals surface area contributed by atoms with Gasteiger partial charge in [0.1, 0.15) is 11.4 Å². The van der Waals surface area contributed by atoms with Gasteiger partial charge in [-0.3, -0.25) is 9.78 Å². The summed E-state index contributed by atoms with van der Waals surface area (Å²) in [4.78, 5) is 23.6. The Labute approximate surface area is 236 Å². The summed E-state index contributed by atoms with van der Waals surface area (Å²) in [6, 6.07) is 16.4. The van der Waals surface area contributed by atoms with E-state index in [1.807, 2.05) is 64.1 Å². The molecule has 6 rings (SSSR count). The first-order valence-electron chi connectivity index (χ1n) is 14.2. The number of aryl methyl sites for hydroxylation is 1. The Bertz CT molecular complexity index is 1620. The molecule has 2 unspecified atom stereocenters. The zero-order chi connectivity index (χ0) is 28.6. The number of nitrogens with zero attached hydrogens (tertiary/aromatic N) is 3. The lowest BCUT2D eigenvalue weighted by Crippen LogP contribution is -2.41. The fourth-order valence-corrected chi connectivity index (χ4v) is 5.95. The van der Waals surface area contributed by atoms with E-state index in [4.69, 9.17) is 24.0 Å². The zero-order valence-corrected chi connectivity index (χ0v) is 24.7. The van der Waals surface area contributed by atoms with E-state index < -0.39 is 29.8 Å². The molecule has 208 valence electrons. The van der Waals surface area contributed by atoms with Gasteiger partial charge in [-0.1, -0.05) is 24.3 Å². The highest BCUT2D eigenvalue weighted by Gasteiger charge is 2.51. The molecule has 0 bridgehead atoms. The van der Waals surface area contributed by atoms with Crippen molar-refractivity contribution in [2.45, 2.75) is 97.0 Å². The third-order valence-corrected chi connectivity index (χ3v) is 8.62. The molecule has 2 aromatic carbocycles. The largest absolute Gasteiger partial charge is 0.494 e. The SMILES string of the molecule is Cc1nc2ccc(B3OC(C)(C)C(C)(C)O3)cc2n1C1Cc2nc3ccccc3cc2C(C(=O)OC(C)(C)C)C1. The van der Waals surface area contributed by atoms with Crippen LogP contribution < -0.4 is 5.46 Å². The van der Waals surface area contributed by atoms with E-state index in [1.165, 1.54) is 0 Å². The van der Waals surface area contributed by atoms with Gasteiger partial charge in [0.25, 0.3) is 0 Å². The summed E-state index contributed by atoms with van der Waals surface area (Å²) in [5, 5.41) is 1.03. The molecule has 2 aromatic heterocycles. The number of ether oxygens (including phenoxy) is 1. The molecule has 0 spiro atoms. The molecule has 0 saturated carbocycles. The average Bonchev–Trinajstić information content (AvgIpc) is 3.30. The molecular weight excluding hydrogens is 501 g/mol. The van der Waals surface area contributed by atoms with Crippen LogP contribution in [-0.4, -0.2) is 44.4 Å². The number of rotatable bonds is 3. The number of carbonyl (C=O) groups excluding carboxylic acids is 1. The number of para-hydroxylation sites is 1. The monoisotopic (exact) mass is 539 g/mol. The smallest absolute Gasteiger partial charge is 0.459 e. The molecular formula is C32H38BN3O4. The Kier molecular flexibility index (Phi) is 6.17. The number of fused-ring (bicyclic) bond motifs is 3. The predicted molar refractivity (Wildman–Crippen MR) is 158 cm³/mol. The second-order valence-electron chi connectivity index (χ2n) is 13.3. The second-order valence-corrected chi connectivity index (χ2v) is 13.3. The van der Waals surface area contributed by atoms with Gasteiger partial charge in [-0.05, 0) is 97.1 Å². The van der Waals surface area contributed by atoms with Gasteiger partial charge in [0.15, 0.2) is 0 Å². The van der Waals surface area contributed by atoms with Crippen molar-refractivity contribution in [3.8, 4) is 0 Å². The summed E-state index contributed by atoms with van der Waals surface area (Å²) in [7, 11) is -0.465. The van der Waals surface area contributed by atoms with Gasteiger partial charge in [-0.15, -0.1) is 0 Å². The minimum Gasteiger partial charge on any atom is -0.459 e. The predicted octanol–water partition coefficient (Wildman–Crippen LogP) is 5.80. The van der Waals surface area contributed by atoms with Crippen molar-refractivity contribution < 1.29 is 18.8 Å². The van der Waals surface area contributed by atoms with Crippen LogP contribution in [0.5, 0.6) is 0 Å². The van der Waals surface area contributed by atoms with Crippen LogP contribution in [0.4, 0.5) is 0 Å². The van der Waals surface area contributed by atoms with E-state index in [9.17, 15) is 4.79 Å². The topological polar surface area (TPSA) is 75.5 Å². The van der Waals surface area contributed by atoms with Crippen LogP contribution in [0.25, 0.3) is 21.9 Å². The highest BCUT2D eigenvalue weighted by Crippen LogP contribution is 2.41. The maximum Gasteiger partial charge on any atom is 0.494 e. The lowest BCUT2D eigenvalue weighted by Gasteiger charge is -2.33. The lowest BCUT2D eigenvalue weighted by molar-refractivity contribution is -0.157. The number of esters is 1. The van der Waals surface area contributed by atoms with Gasteiger partial charge >= 0.3 is 13.1 Å². The van der Waals surface area contributed by atoms with E-state index >= 15 is 0 Å². The minimum atomic E-state index is -0.580. The van der Waals surface area contributed by atoms with Crippen molar-refractivity contribution in [2.24, 2.45) is 0 Å². The molecule has 4 aromatic rings. The van der Waals surface area contributed by atoms with E-state index in [1.54, 1.807) is 0 Å². The molecule has 1 fully saturated rings. The molecule has 0 amide bonds. The third kappa shape index (κ3) is 4.61. The molecule has 8 heteroatoms. The number of pyridine rings is 1. The van der Waals surface area contributed by atoms with Crippen molar-refractivity contribution in [3.63, 3.8) is 0 Å². The van der Waals surface area contributed by atoms with Gasteiger partial charge in [0.05, 0.1) is 33.7 Å². The first kappa shape index (κ1) is 27.0. The quantitative estimate of drug-likeness (QED) is 0.242. The van der Waals surface area contributed by atoms with Crippen LogP contribution in [0.1, 0.15) is 83.9 Å². The fourth-order valence-electron chi connectivity index (χ4n) is 5.95. The maximum atomic E-state index is 13.6. The van der Waals surface area contributed by atoms with Crippen molar-refractivity contribution in [3.05, 3.63) is 65.6 Å². The zero-order valence-electron chi connectivity index (χ0n) is 24.7. The van der Waals surface area contributed by atoms with E-state index in [-0.39, 0.29) is 12.0 Å². The van der Waals surface area contributed by atoms with E-state index in [0.717, 1.165) is 44.5 Å². The van der Waals surface area contributed by atoms with Gasteiger partial charge < -0.3 is 18.6 Å². The highest BCUT2D eigenvalue weighted by molar-refractivity contribution is 6.62. The molecule has 0 radical (unpaired) electrons. The van der Waals surface area contributed by atoms with Gasteiger partial charge in [0, 0.05) is 23.5 Å². The maximum absolute atomic E-state index is 13.6. The molecule has 1 aliphatic carbocycles. The normalized spacial score (nSPS) is 22.1. The van der Waals surface area contributed by atoms with Crippen molar-refractivity contribution in [1.29, 1.82) is 0 Å². The second kappa shape index (κ2) is 9.15. The Morgan fingerprint density at radius 3 is 2.40 bits per heavy atom. The van der Waals surface area contributed by atoms with Crippen LogP contribution in [0, 0.1) is 6.92 Å². The third-order valence-electron chi connectivity index (χ3n) is 8.62. The summed E-state index contributed by atoms with van der Waals surface area (Å²) >= 11 is 0. The lowest BCUT2D eigenvalue weighted by atomic mass is 9.78. The summed E-state index contributed by atoms with van der Waals surface area (Å²) in [6.07, 6.45) is 1.31. The van der Waals surface area contributed by atoms with Gasteiger partial charge in [-0.2, -0.15) is 0 Å². The van der Waals surface area contributed by atoms with Crippen molar-refractivity contribution in [2.75, 3.05) is 0 Å². The standard InChI is InChI=1S/C32H38BN3O4/c1-19-34-26-14-13-21(33-39-31(5,6)32(7,8)40-33)16-28(26)36(19)22-17-24(29(37)38-30(2,3)4)23-15-20-11-9-10-12-25(20)35-27(23)18-22/h9-16,22,24H,17-18H2,1-8H3. The Morgan fingerprint density at radius 2 is 1.70 bits per heavy atom. The number of hydrogen-bond donors (Lipinski definition) is 0. The number of hydrogen-bond acceptors (Lipinski definition) is 6. The number of aromatic nitrogens is 3. The number of benzene rings is 2. The minimum absolute atomic E-state index is 0.0165. The van der Waals surface area contributed by atoms with E-state index in [0.29, 0.717) is 12.8 Å². The molecule has 7 nitrogen and oxygen atoms in total. The first-order valence-corrected chi connectivity index (χ1v) is 14.2. The molecule has 40 heavy (non-hydrogen) atoms. The van der Waals surface area contributed by atoms with Crippen LogP contribution in [0.15, 0.2) is 48.5 Å². The first-order chi connectivity index (χ1) is 18.7. The van der Waals surface area contributed by atoms with Crippen LogP contribution in [-0.2, 0) is 25.3 Å². The summed E-state index contributed by atoms with van der Waals surface area (Å²) in [5.74, 6) is 0.266. The van der Waals surface area contributed by atoms with Gasteiger partial charge in [-0.25, -0.2) is 4.98 Å². The van der Waals surface area contributed by atoms with Crippen LogP contribution in [0.2, 0.25) is 0 Å². The summed E-state index contributed by atoms with van der Waals surface area (Å²) in [6.45, 7) is 16.0. The molecule has 3 heterocycles. The van der Waals surface area contributed by atoms with Crippen molar-refractivity contribution in [1.82, 2.24) is 14.5 Å². The molecule has 1 saturated heterocycles. The Hall–Kier alpha value is -3.23. The Balaban J connectivity index is 1.43. The molecule has 2 aliphatic rings. The summed E-state index contributed by atoms with van der Waals surface area (Å²) < 4.78 is 20.9. The van der Waals surface area contributed by atoms with E-state index in [2.05, 4.69) is 44.4 Å². The molecule has 1 aliphatic heterocycles. The van der Waals surface area contributed by atoms with Crippen molar-refractivity contribution >= 4 is 40.5 Å². The van der Waals surface area contributed by atoms with Crippen LogP contribution >= 0.6 is 0 Å². The molecule has 0 N–H and O–H groups in total. The Morgan fingerprint density at radius 1 is 1.00 bits per heavy atom. The number of imidazole rings is 1. The highest BCUT2D eigenvalue weighted by atomic mass is 16.7. The average molecular weight is 539 g/mol. The van der Waals surface area contributed by atoms with Crippen LogP contribution in [0.3, 0.4) is 0 Å². The van der Waals surface area contributed by atoms with Gasteiger partial charge in [0.2, 0.25) is 0 Å².